The van der Waals surface area contributed by atoms with E-state index in [0.29, 0.717) is 0 Å². The summed E-state index contributed by atoms with van der Waals surface area (Å²) in [6.07, 6.45) is 0. The van der Waals surface area contributed by atoms with Crippen LogP contribution in [0.4, 0.5) is 0 Å². The molecule has 1 N–H and O–H groups in total. The Labute approximate surface area is 74.0 Å². The standard InChI is InChI=1S/C5H13Cl2NSi2/c1-5-10(6,7)8-9(2,3)4/h5,8H,1H2,2-4H3. The van der Waals surface area contributed by atoms with E-state index in [1.165, 1.54) is 0 Å². The van der Waals surface area contributed by atoms with Crippen LogP contribution in [0.25, 0.3) is 0 Å². The summed E-state index contributed by atoms with van der Waals surface area (Å²) >= 11 is 11.8. The largest absolute Gasteiger partial charge is 0.340 e. The van der Waals surface area contributed by atoms with Crippen molar-refractivity contribution in [1.29, 1.82) is 0 Å². The van der Waals surface area contributed by atoms with Crippen molar-refractivity contribution in [2.45, 2.75) is 19.6 Å². The van der Waals surface area contributed by atoms with E-state index in [9.17, 15) is 0 Å². The Balaban J connectivity index is 4.01. The molecule has 0 aromatic rings. The van der Waals surface area contributed by atoms with E-state index < -0.39 is 15.1 Å². The fourth-order valence-corrected chi connectivity index (χ4v) is 10.1. The Kier molecular flexibility index (Phi) is 3.65. The second-order valence-electron chi connectivity index (χ2n) is 3.20. The Bertz CT molecular complexity index is 130. The summed E-state index contributed by atoms with van der Waals surface area (Å²) in [5.74, 6) is 0. The first-order chi connectivity index (χ1) is 4.27. The zero-order valence-corrected chi connectivity index (χ0v) is 10.1. The van der Waals surface area contributed by atoms with E-state index in [1.807, 2.05) is 0 Å². The second kappa shape index (κ2) is 3.41. The van der Waals surface area contributed by atoms with Crippen molar-refractivity contribution in [2.24, 2.45) is 0 Å². The SMILES string of the molecule is C=C[Si](Cl)(Cl)N[Si](C)(C)C. The molecular weight excluding hydrogens is 201 g/mol. The average Bonchev–Trinajstić information content (AvgIpc) is 1.60. The van der Waals surface area contributed by atoms with Gasteiger partial charge in [0.05, 0.1) is 0 Å². The molecule has 1 nitrogen and oxygen atoms in total. The lowest BCUT2D eigenvalue weighted by atomic mass is 11.3. The summed E-state index contributed by atoms with van der Waals surface area (Å²) in [6.45, 7) is 7.75. The van der Waals surface area contributed by atoms with Crippen molar-refractivity contribution in [3.63, 3.8) is 0 Å². The minimum Gasteiger partial charge on any atom is -0.332 e. The van der Waals surface area contributed by atoms with Gasteiger partial charge in [0.25, 0.3) is 0 Å². The van der Waals surface area contributed by atoms with Crippen molar-refractivity contribution in [2.75, 3.05) is 0 Å². The monoisotopic (exact) mass is 213 g/mol. The van der Waals surface area contributed by atoms with E-state index in [-0.39, 0.29) is 0 Å². The van der Waals surface area contributed by atoms with Gasteiger partial charge in [-0.2, -0.15) is 0 Å². The van der Waals surface area contributed by atoms with Gasteiger partial charge in [-0.15, -0.1) is 28.7 Å². The quantitative estimate of drug-likeness (QED) is 0.562. The first-order valence-corrected chi connectivity index (χ1v) is 10.7. The number of rotatable bonds is 3. The molecule has 0 atom stereocenters. The van der Waals surface area contributed by atoms with Gasteiger partial charge in [0.1, 0.15) is 8.24 Å². The van der Waals surface area contributed by atoms with Crippen molar-refractivity contribution in [3.8, 4) is 0 Å². The molecule has 0 saturated carbocycles. The summed E-state index contributed by atoms with van der Waals surface area (Å²) in [5.41, 5.74) is 1.63. The average molecular weight is 214 g/mol. The molecule has 0 saturated heterocycles. The second-order valence-corrected chi connectivity index (χ2v) is 14.5. The van der Waals surface area contributed by atoms with Gasteiger partial charge in [0.15, 0.2) is 0 Å². The number of halogens is 2. The molecule has 5 heteroatoms. The van der Waals surface area contributed by atoms with Crippen LogP contribution in [-0.4, -0.2) is 15.1 Å². The van der Waals surface area contributed by atoms with Gasteiger partial charge in [-0.05, 0) is 0 Å². The molecular formula is C5H13Cl2NSi2. The van der Waals surface area contributed by atoms with Crippen LogP contribution < -0.4 is 4.65 Å². The van der Waals surface area contributed by atoms with Crippen LogP contribution in [0.3, 0.4) is 0 Å². The van der Waals surface area contributed by atoms with Crippen LogP contribution in [0, 0.1) is 0 Å². The van der Waals surface area contributed by atoms with Crippen molar-refractivity contribution < 1.29 is 0 Å². The third-order valence-corrected chi connectivity index (χ3v) is 8.27. The van der Waals surface area contributed by atoms with Crippen molar-refractivity contribution in [1.82, 2.24) is 4.65 Å². The zero-order chi connectivity index (χ0) is 8.41. The van der Waals surface area contributed by atoms with E-state index >= 15 is 0 Å². The van der Waals surface area contributed by atoms with Gasteiger partial charge in [0.2, 0.25) is 0 Å². The summed E-state index contributed by atoms with van der Waals surface area (Å²) in [7, 11) is -1.34. The first-order valence-electron chi connectivity index (χ1n) is 3.07. The minimum absolute atomic E-state index is 1.34. The van der Waals surface area contributed by atoms with E-state index in [2.05, 4.69) is 30.9 Å². The maximum Gasteiger partial charge on any atom is 0.340 e. The van der Waals surface area contributed by atoms with E-state index in [4.69, 9.17) is 22.2 Å². The van der Waals surface area contributed by atoms with Gasteiger partial charge in [-0.3, -0.25) is 0 Å². The minimum atomic E-state index is -2.29. The Morgan fingerprint density at radius 1 is 1.30 bits per heavy atom. The maximum atomic E-state index is 5.92. The fraction of sp³-hybridized carbons (Fsp3) is 0.600. The Hall–Kier alpha value is 0.714. The van der Waals surface area contributed by atoms with E-state index in [0.717, 1.165) is 0 Å². The predicted octanol–water partition coefficient (Wildman–Crippen LogP) is 2.55. The molecule has 0 unspecified atom stereocenters. The van der Waals surface area contributed by atoms with Gasteiger partial charge < -0.3 is 4.65 Å². The fourth-order valence-electron chi connectivity index (χ4n) is 0.551. The molecule has 0 heterocycles. The summed E-state index contributed by atoms with van der Waals surface area (Å²) in [5, 5.41) is 0. The summed E-state index contributed by atoms with van der Waals surface area (Å²) in [4.78, 5) is 0. The number of nitrogens with one attached hydrogen (secondary N) is 1. The molecule has 0 fully saturated rings. The van der Waals surface area contributed by atoms with Crippen LogP contribution in [-0.2, 0) is 0 Å². The highest BCUT2D eigenvalue weighted by atomic mass is 35.7. The van der Waals surface area contributed by atoms with Crippen LogP contribution in [0.1, 0.15) is 0 Å². The molecule has 60 valence electrons. The lowest BCUT2D eigenvalue weighted by molar-refractivity contribution is 1.39. The number of hydrogen-bond acceptors (Lipinski definition) is 1. The van der Waals surface area contributed by atoms with Crippen LogP contribution in [0.2, 0.25) is 19.6 Å². The summed E-state index contributed by atoms with van der Waals surface area (Å²) < 4.78 is 3.24. The molecule has 0 aliphatic heterocycles. The van der Waals surface area contributed by atoms with Crippen LogP contribution in [0.5, 0.6) is 0 Å². The molecule has 0 bridgehead atoms. The topological polar surface area (TPSA) is 12.0 Å². The van der Waals surface area contributed by atoms with Gasteiger partial charge in [0, 0.05) is 0 Å². The van der Waals surface area contributed by atoms with Crippen molar-refractivity contribution in [3.05, 3.63) is 12.3 Å². The molecule has 0 amide bonds. The highest BCUT2D eigenvalue weighted by molar-refractivity contribution is 7.48. The molecule has 0 aromatic carbocycles. The predicted molar refractivity (Wildman–Crippen MR) is 54.1 cm³/mol. The van der Waals surface area contributed by atoms with Crippen LogP contribution >= 0.6 is 22.2 Å². The zero-order valence-electron chi connectivity index (χ0n) is 6.54. The lowest BCUT2D eigenvalue weighted by Crippen LogP contribution is -2.53. The highest BCUT2D eigenvalue weighted by Crippen LogP contribution is 2.14. The molecule has 0 aliphatic rings. The third kappa shape index (κ3) is 5.49. The highest BCUT2D eigenvalue weighted by Gasteiger charge is 2.30. The Morgan fingerprint density at radius 3 is 1.80 bits per heavy atom. The van der Waals surface area contributed by atoms with Crippen molar-refractivity contribution >= 4 is 37.2 Å². The summed E-state index contributed by atoms with van der Waals surface area (Å²) in [6, 6.07) is 0. The Morgan fingerprint density at radius 2 is 1.70 bits per heavy atom. The molecule has 10 heavy (non-hydrogen) atoms. The normalized spacial score (nSPS) is 13.3. The third-order valence-electron chi connectivity index (χ3n) is 0.798. The van der Waals surface area contributed by atoms with E-state index in [1.54, 1.807) is 5.70 Å². The molecule has 0 aliphatic carbocycles. The number of hydrogen-bond donors (Lipinski definition) is 1. The smallest absolute Gasteiger partial charge is 0.332 e. The molecule has 0 radical (unpaired) electrons. The van der Waals surface area contributed by atoms with Gasteiger partial charge >= 0.3 is 6.86 Å². The molecule has 0 aromatic heterocycles. The molecule has 0 rings (SSSR count). The molecule has 0 spiro atoms. The maximum absolute atomic E-state index is 5.92. The van der Waals surface area contributed by atoms with Crippen LogP contribution in [0.15, 0.2) is 12.3 Å². The van der Waals surface area contributed by atoms with Gasteiger partial charge in [-0.1, -0.05) is 25.3 Å². The van der Waals surface area contributed by atoms with Gasteiger partial charge in [-0.25, -0.2) is 0 Å². The lowest BCUT2D eigenvalue weighted by Gasteiger charge is -2.24. The first kappa shape index (κ1) is 10.7.